The number of benzene rings is 3. The molecule has 0 aliphatic rings. The minimum Gasteiger partial charge on any atom is -0.507 e. The Morgan fingerprint density at radius 3 is 2.60 bits per heavy atom. The largest absolute Gasteiger partial charge is 0.507 e. The SMILES string of the molecule is N#C/C(=C(\O)COC(=O)c1ccc(Oc2ccc(Cl)cc2[N+](=O)[O-])cc1)c1nc2ccccc2[nH]1. The van der Waals surface area contributed by atoms with Crippen LogP contribution < -0.4 is 4.74 Å². The number of para-hydroxylation sites is 2. The molecule has 0 amide bonds. The first kappa shape index (κ1) is 23.3. The van der Waals surface area contributed by atoms with Crippen LogP contribution in [0.4, 0.5) is 5.69 Å². The number of nitrogens with one attached hydrogen (secondary N) is 1. The second-order valence-corrected chi connectivity index (χ2v) is 7.54. The normalized spacial score (nSPS) is 11.4. The van der Waals surface area contributed by atoms with Gasteiger partial charge in [-0.3, -0.25) is 10.1 Å². The second-order valence-electron chi connectivity index (χ2n) is 7.11. The van der Waals surface area contributed by atoms with Crippen molar-refractivity contribution in [3.8, 4) is 17.6 Å². The number of aliphatic hydroxyl groups excluding tert-OH is 1. The Balaban J connectivity index is 1.44. The van der Waals surface area contributed by atoms with Crippen LogP contribution in [0.1, 0.15) is 16.2 Å². The summed E-state index contributed by atoms with van der Waals surface area (Å²) in [6, 6.07) is 18.6. The summed E-state index contributed by atoms with van der Waals surface area (Å²) < 4.78 is 10.6. The summed E-state index contributed by atoms with van der Waals surface area (Å²) in [7, 11) is 0. The molecule has 2 N–H and O–H groups in total. The van der Waals surface area contributed by atoms with E-state index >= 15 is 0 Å². The van der Waals surface area contributed by atoms with Crippen LogP contribution in [0, 0.1) is 21.4 Å². The first-order valence-electron chi connectivity index (χ1n) is 10.0. The molecule has 0 saturated heterocycles. The molecular formula is C24H15ClN4O6. The number of aliphatic hydroxyl groups is 1. The fourth-order valence-electron chi connectivity index (χ4n) is 3.12. The van der Waals surface area contributed by atoms with Crippen LogP contribution in [-0.2, 0) is 4.74 Å². The van der Waals surface area contributed by atoms with Gasteiger partial charge in [-0.25, -0.2) is 9.78 Å². The number of ether oxygens (including phenoxy) is 2. The summed E-state index contributed by atoms with van der Waals surface area (Å²) in [6.07, 6.45) is 0. The number of nitro benzene ring substituents is 1. The maximum atomic E-state index is 12.4. The van der Waals surface area contributed by atoms with Gasteiger partial charge in [0.2, 0.25) is 5.75 Å². The average Bonchev–Trinajstić information content (AvgIpc) is 3.28. The predicted octanol–water partition coefficient (Wildman–Crippen LogP) is 5.57. The Labute approximate surface area is 202 Å². The van der Waals surface area contributed by atoms with E-state index in [1.807, 2.05) is 6.07 Å². The molecule has 0 atom stereocenters. The number of esters is 1. The molecule has 1 aromatic heterocycles. The van der Waals surface area contributed by atoms with Gasteiger partial charge in [-0.05, 0) is 48.5 Å². The standard InChI is InChI=1S/C24H15ClN4O6/c25-15-7-10-22(20(11-15)29(32)33)35-16-8-5-14(6-9-16)24(31)34-13-21(30)17(12-26)23-27-18-3-1-2-4-19(18)28-23/h1-11,30H,13H2,(H,27,28)/b21-17+. The van der Waals surface area contributed by atoms with Crippen LogP contribution in [0.3, 0.4) is 0 Å². The number of fused-ring (bicyclic) bond motifs is 1. The van der Waals surface area contributed by atoms with Crippen LogP contribution in [0.5, 0.6) is 11.5 Å². The molecule has 0 fully saturated rings. The van der Waals surface area contributed by atoms with Gasteiger partial charge in [-0.15, -0.1) is 0 Å². The number of rotatable bonds is 7. The molecule has 0 spiro atoms. The Kier molecular flexibility index (Phi) is 6.62. The van der Waals surface area contributed by atoms with Crippen molar-refractivity contribution in [2.45, 2.75) is 0 Å². The highest BCUT2D eigenvalue weighted by Gasteiger charge is 2.18. The van der Waals surface area contributed by atoms with Crippen molar-refractivity contribution in [1.29, 1.82) is 5.26 Å². The summed E-state index contributed by atoms with van der Waals surface area (Å²) in [4.78, 5) is 30.1. The summed E-state index contributed by atoms with van der Waals surface area (Å²) in [5, 5.41) is 31.2. The van der Waals surface area contributed by atoms with Crippen molar-refractivity contribution in [2.24, 2.45) is 0 Å². The summed E-state index contributed by atoms with van der Waals surface area (Å²) in [6.45, 7) is -0.548. The lowest BCUT2D eigenvalue weighted by Gasteiger charge is -2.08. The van der Waals surface area contributed by atoms with Crippen molar-refractivity contribution in [3.05, 3.63) is 99.0 Å². The molecule has 0 radical (unpaired) electrons. The molecular weight excluding hydrogens is 476 g/mol. The highest BCUT2D eigenvalue weighted by atomic mass is 35.5. The van der Waals surface area contributed by atoms with Gasteiger partial charge in [0.25, 0.3) is 0 Å². The maximum absolute atomic E-state index is 12.4. The molecule has 11 heteroatoms. The highest BCUT2D eigenvalue weighted by Crippen LogP contribution is 2.33. The summed E-state index contributed by atoms with van der Waals surface area (Å²) in [5.74, 6) is -0.844. The Hall–Kier alpha value is -4.88. The number of carbonyl (C=O) groups excluding carboxylic acids is 1. The van der Waals surface area contributed by atoms with Crippen LogP contribution in [-0.4, -0.2) is 32.6 Å². The fraction of sp³-hybridized carbons (Fsp3) is 0.0417. The molecule has 1 heterocycles. The quantitative estimate of drug-likeness (QED) is 0.112. The number of carbonyl (C=O) groups is 1. The first-order valence-corrected chi connectivity index (χ1v) is 10.4. The molecule has 10 nitrogen and oxygen atoms in total. The van der Waals surface area contributed by atoms with E-state index in [1.165, 1.54) is 42.5 Å². The van der Waals surface area contributed by atoms with E-state index in [1.54, 1.807) is 24.3 Å². The number of hydrogen-bond acceptors (Lipinski definition) is 8. The van der Waals surface area contributed by atoms with E-state index in [0.29, 0.717) is 11.0 Å². The molecule has 35 heavy (non-hydrogen) atoms. The van der Waals surface area contributed by atoms with Crippen molar-refractivity contribution >= 4 is 39.9 Å². The number of aromatic nitrogens is 2. The lowest BCUT2D eigenvalue weighted by Crippen LogP contribution is -2.09. The average molecular weight is 491 g/mol. The molecule has 4 rings (SSSR count). The fourth-order valence-corrected chi connectivity index (χ4v) is 3.29. The van der Waals surface area contributed by atoms with Crippen LogP contribution in [0.2, 0.25) is 5.02 Å². The number of aromatic amines is 1. The van der Waals surface area contributed by atoms with Crippen LogP contribution >= 0.6 is 11.6 Å². The van der Waals surface area contributed by atoms with Gasteiger partial charge in [-0.2, -0.15) is 5.26 Å². The second kappa shape index (κ2) is 9.94. The number of imidazole rings is 1. The topological polar surface area (TPSA) is 151 Å². The first-order chi connectivity index (χ1) is 16.9. The molecule has 0 bridgehead atoms. The molecule has 0 aliphatic carbocycles. The van der Waals surface area contributed by atoms with E-state index in [9.17, 15) is 25.3 Å². The molecule has 0 unspecified atom stereocenters. The lowest BCUT2D eigenvalue weighted by atomic mass is 10.2. The predicted molar refractivity (Wildman–Crippen MR) is 126 cm³/mol. The number of hydrogen-bond donors (Lipinski definition) is 2. The Morgan fingerprint density at radius 2 is 1.91 bits per heavy atom. The van der Waals surface area contributed by atoms with Crippen molar-refractivity contribution < 1.29 is 24.3 Å². The van der Waals surface area contributed by atoms with E-state index < -0.39 is 23.3 Å². The molecule has 0 aliphatic heterocycles. The smallest absolute Gasteiger partial charge is 0.338 e. The zero-order valence-corrected chi connectivity index (χ0v) is 18.5. The van der Waals surface area contributed by atoms with Gasteiger partial charge in [0.05, 0.1) is 21.5 Å². The maximum Gasteiger partial charge on any atom is 0.338 e. The molecule has 4 aromatic rings. The van der Waals surface area contributed by atoms with E-state index in [2.05, 4.69) is 9.97 Å². The number of nitriles is 1. The lowest BCUT2D eigenvalue weighted by molar-refractivity contribution is -0.385. The highest BCUT2D eigenvalue weighted by molar-refractivity contribution is 6.30. The number of H-pyrrole nitrogens is 1. The molecule has 3 aromatic carbocycles. The number of allylic oxidation sites excluding steroid dienone is 1. The Bertz CT molecular complexity index is 1470. The minimum absolute atomic E-state index is 0.0144. The van der Waals surface area contributed by atoms with Crippen LogP contribution in [0.15, 0.2) is 72.5 Å². The van der Waals surface area contributed by atoms with Crippen molar-refractivity contribution in [2.75, 3.05) is 6.61 Å². The van der Waals surface area contributed by atoms with E-state index in [0.717, 1.165) is 0 Å². The summed E-state index contributed by atoms with van der Waals surface area (Å²) >= 11 is 5.80. The van der Waals surface area contributed by atoms with Crippen molar-refractivity contribution in [1.82, 2.24) is 9.97 Å². The van der Waals surface area contributed by atoms with Gasteiger partial charge >= 0.3 is 11.7 Å². The van der Waals surface area contributed by atoms with Gasteiger partial charge in [0, 0.05) is 11.1 Å². The Morgan fingerprint density at radius 1 is 1.17 bits per heavy atom. The van der Waals surface area contributed by atoms with Crippen molar-refractivity contribution in [3.63, 3.8) is 0 Å². The van der Waals surface area contributed by atoms with Gasteiger partial charge in [0.1, 0.15) is 24.0 Å². The number of halogens is 1. The zero-order chi connectivity index (χ0) is 24.9. The van der Waals surface area contributed by atoms with E-state index in [4.69, 9.17) is 21.1 Å². The van der Waals surface area contributed by atoms with Crippen LogP contribution in [0.25, 0.3) is 16.6 Å². The zero-order valence-electron chi connectivity index (χ0n) is 17.8. The molecule has 174 valence electrons. The third-order valence-corrected chi connectivity index (χ3v) is 5.04. The summed E-state index contributed by atoms with van der Waals surface area (Å²) in [5.41, 5.74) is 0.985. The van der Waals surface area contributed by atoms with Gasteiger partial charge in [0.15, 0.2) is 11.6 Å². The monoisotopic (exact) mass is 490 g/mol. The number of nitrogens with zero attached hydrogens (tertiary/aromatic N) is 3. The number of nitro groups is 1. The minimum atomic E-state index is -0.762. The third-order valence-electron chi connectivity index (χ3n) is 4.80. The van der Waals surface area contributed by atoms with Gasteiger partial charge in [-0.1, -0.05) is 23.7 Å². The van der Waals surface area contributed by atoms with E-state index in [-0.39, 0.29) is 39.2 Å². The third kappa shape index (κ3) is 5.21. The van der Waals surface area contributed by atoms with Gasteiger partial charge < -0.3 is 19.6 Å². The molecule has 0 saturated carbocycles.